The van der Waals surface area contributed by atoms with E-state index in [1.807, 2.05) is 0 Å². The van der Waals surface area contributed by atoms with Crippen LogP contribution in [0.3, 0.4) is 0 Å². The van der Waals surface area contributed by atoms with Gasteiger partial charge in [-0.2, -0.15) is 5.10 Å². The highest BCUT2D eigenvalue weighted by Crippen LogP contribution is 2.04. The van der Waals surface area contributed by atoms with Gasteiger partial charge in [0.15, 0.2) is 0 Å². The van der Waals surface area contributed by atoms with Crippen LogP contribution in [0.1, 0.15) is 17.4 Å². The lowest BCUT2D eigenvalue weighted by Gasteiger charge is -2.05. The Hall–Kier alpha value is -1.61. The van der Waals surface area contributed by atoms with Gasteiger partial charge in [0.05, 0.1) is 17.6 Å². The fourth-order valence-electron chi connectivity index (χ4n) is 1.16. The van der Waals surface area contributed by atoms with Gasteiger partial charge < -0.3 is 11.1 Å². The van der Waals surface area contributed by atoms with Gasteiger partial charge >= 0.3 is 0 Å². The predicted octanol–water partition coefficient (Wildman–Crippen LogP) is -1.34. The van der Waals surface area contributed by atoms with Crippen LogP contribution in [0.4, 0.5) is 5.69 Å². The zero-order valence-corrected chi connectivity index (χ0v) is 10.2. The van der Waals surface area contributed by atoms with E-state index in [0.29, 0.717) is 6.54 Å². The summed E-state index contributed by atoms with van der Waals surface area (Å²) < 4.78 is 24.8. The number of aromatic nitrogens is 2. The molecule has 0 saturated carbocycles. The number of nitrogens with zero attached hydrogens (tertiary/aromatic N) is 1. The molecule has 1 aromatic heterocycles. The highest BCUT2D eigenvalue weighted by Gasteiger charge is 2.13. The Labute approximate surface area is 99.0 Å². The smallest absolute Gasteiger partial charge is 0.271 e. The van der Waals surface area contributed by atoms with Gasteiger partial charge in [-0.15, -0.1) is 0 Å². The number of amides is 1. The number of hydrogen-bond acceptors (Lipinski definition) is 5. The summed E-state index contributed by atoms with van der Waals surface area (Å²) in [5.74, 6) is -0.660. The molecule has 0 spiro atoms. The van der Waals surface area contributed by atoms with E-state index in [4.69, 9.17) is 5.73 Å². The van der Waals surface area contributed by atoms with Gasteiger partial charge in [-0.1, -0.05) is 6.92 Å². The van der Waals surface area contributed by atoms with E-state index < -0.39 is 15.9 Å². The fraction of sp³-hybridized carbons (Fsp3) is 0.500. The molecule has 1 heterocycles. The highest BCUT2D eigenvalue weighted by atomic mass is 32.2. The second-order valence-electron chi connectivity index (χ2n) is 3.27. The van der Waals surface area contributed by atoms with Gasteiger partial charge in [0.25, 0.3) is 5.91 Å². The lowest BCUT2D eigenvalue weighted by Crippen LogP contribution is -2.34. The first kappa shape index (κ1) is 13.5. The molecule has 5 N–H and O–H groups in total. The van der Waals surface area contributed by atoms with Crippen LogP contribution in [-0.2, 0) is 10.0 Å². The average Bonchev–Trinajstić information content (AvgIpc) is 2.63. The minimum Gasteiger partial charge on any atom is -0.396 e. The third-order valence-electron chi connectivity index (χ3n) is 1.92. The molecule has 1 rings (SSSR count). The number of rotatable bonds is 6. The molecule has 0 aliphatic rings. The Morgan fingerprint density at radius 1 is 1.59 bits per heavy atom. The van der Waals surface area contributed by atoms with Gasteiger partial charge in [0, 0.05) is 13.1 Å². The molecule has 9 heteroatoms. The van der Waals surface area contributed by atoms with Crippen LogP contribution in [0, 0.1) is 0 Å². The molecule has 8 nitrogen and oxygen atoms in total. The average molecular weight is 261 g/mol. The number of sulfonamides is 1. The SMILES string of the molecule is CCNS(=O)(=O)CCNC(=O)c1[nH]ncc1N. The minimum absolute atomic E-state index is 0.00657. The second-order valence-corrected chi connectivity index (χ2v) is 5.20. The van der Waals surface area contributed by atoms with Gasteiger partial charge in [0.2, 0.25) is 10.0 Å². The Kier molecular flexibility index (Phi) is 4.46. The molecule has 0 aromatic carbocycles. The number of nitrogen functional groups attached to an aromatic ring is 1. The lowest BCUT2D eigenvalue weighted by atomic mass is 10.3. The maximum absolute atomic E-state index is 11.5. The Morgan fingerprint density at radius 2 is 2.29 bits per heavy atom. The van der Waals surface area contributed by atoms with E-state index in [2.05, 4.69) is 20.2 Å². The van der Waals surface area contributed by atoms with Gasteiger partial charge in [0.1, 0.15) is 5.69 Å². The van der Waals surface area contributed by atoms with Crippen LogP contribution in [0.15, 0.2) is 6.20 Å². The molecule has 0 fully saturated rings. The molecule has 0 aliphatic carbocycles. The molecule has 1 aromatic rings. The van der Waals surface area contributed by atoms with Crippen molar-refractivity contribution in [3.05, 3.63) is 11.9 Å². The first-order chi connectivity index (χ1) is 7.96. The quantitative estimate of drug-likeness (QED) is 0.503. The summed E-state index contributed by atoms with van der Waals surface area (Å²) in [5, 5.41) is 8.44. The van der Waals surface area contributed by atoms with E-state index in [0.717, 1.165) is 0 Å². The van der Waals surface area contributed by atoms with Crippen molar-refractivity contribution in [2.75, 3.05) is 24.6 Å². The van der Waals surface area contributed by atoms with Crippen molar-refractivity contribution in [2.24, 2.45) is 0 Å². The molecule has 0 bridgehead atoms. The topological polar surface area (TPSA) is 130 Å². The summed E-state index contributed by atoms with van der Waals surface area (Å²) in [7, 11) is -3.33. The van der Waals surface area contributed by atoms with Crippen molar-refractivity contribution >= 4 is 21.6 Å². The predicted molar refractivity (Wildman–Crippen MR) is 62.8 cm³/mol. The van der Waals surface area contributed by atoms with E-state index in [9.17, 15) is 13.2 Å². The van der Waals surface area contributed by atoms with Crippen molar-refractivity contribution < 1.29 is 13.2 Å². The van der Waals surface area contributed by atoms with E-state index in [1.165, 1.54) is 6.20 Å². The number of carbonyl (C=O) groups is 1. The number of H-pyrrole nitrogens is 1. The van der Waals surface area contributed by atoms with Crippen molar-refractivity contribution in [1.29, 1.82) is 0 Å². The maximum Gasteiger partial charge on any atom is 0.271 e. The molecule has 0 atom stereocenters. The summed E-state index contributed by atoms with van der Waals surface area (Å²) in [6.45, 7) is 2.01. The van der Waals surface area contributed by atoms with Gasteiger partial charge in [-0.25, -0.2) is 13.1 Å². The number of nitrogens with two attached hydrogens (primary N) is 1. The molecule has 0 saturated heterocycles. The van der Waals surface area contributed by atoms with Gasteiger partial charge in [-0.05, 0) is 0 Å². The molecule has 0 radical (unpaired) electrons. The fourth-order valence-corrected chi connectivity index (χ4v) is 2.11. The van der Waals surface area contributed by atoms with Crippen LogP contribution in [0.2, 0.25) is 0 Å². The van der Waals surface area contributed by atoms with Crippen molar-refractivity contribution in [3.63, 3.8) is 0 Å². The number of hydrogen-bond donors (Lipinski definition) is 4. The van der Waals surface area contributed by atoms with E-state index >= 15 is 0 Å². The minimum atomic E-state index is -3.33. The number of carbonyl (C=O) groups excluding carboxylic acids is 1. The maximum atomic E-state index is 11.5. The van der Waals surface area contributed by atoms with Crippen molar-refractivity contribution in [2.45, 2.75) is 6.92 Å². The first-order valence-electron chi connectivity index (χ1n) is 5.00. The standard InChI is InChI=1S/C8H15N5O3S/c1-2-12-17(15,16)4-3-10-8(14)7-6(9)5-11-13-7/h5,12H,2-4,9H2,1H3,(H,10,14)(H,11,13). The van der Waals surface area contributed by atoms with Crippen LogP contribution >= 0.6 is 0 Å². The van der Waals surface area contributed by atoms with Crippen LogP contribution in [0.5, 0.6) is 0 Å². The van der Waals surface area contributed by atoms with Crippen molar-refractivity contribution in [1.82, 2.24) is 20.2 Å². The number of anilines is 1. The Balaban J connectivity index is 2.43. The Bertz CT molecular complexity index is 481. The molecule has 0 aliphatic heterocycles. The normalized spacial score (nSPS) is 11.4. The molecular formula is C8H15N5O3S. The summed E-state index contributed by atoms with van der Waals surface area (Å²) in [6.07, 6.45) is 1.31. The molecule has 0 unspecified atom stereocenters. The van der Waals surface area contributed by atoms with E-state index in [1.54, 1.807) is 6.92 Å². The highest BCUT2D eigenvalue weighted by molar-refractivity contribution is 7.89. The van der Waals surface area contributed by atoms with Crippen LogP contribution < -0.4 is 15.8 Å². The monoisotopic (exact) mass is 261 g/mol. The third-order valence-corrected chi connectivity index (χ3v) is 3.39. The molecular weight excluding hydrogens is 246 g/mol. The zero-order valence-electron chi connectivity index (χ0n) is 9.36. The summed E-state index contributed by atoms with van der Waals surface area (Å²) in [5.41, 5.74) is 5.81. The number of aromatic amines is 1. The van der Waals surface area contributed by atoms with E-state index in [-0.39, 0.29) is 23.7 Å². The molecule has 17 heavy (non-hydrogen) atoms. The lowest BCUT2D eigenvalue weighted by molar-refractivity contribution is 0.0952. The number of nitrogens with one attached hydrogen (secondary N) is 3. The van der Waals surface area contributed by atoms with Crippen LogP contribution in [0.25, 0.3) is 0 Å². The summed E-state index contributed by atoms with van der Waals surface area (Å²) in [4.78, 5) is 11.5. The Morgan fingerprint density at radius 3 is 2.82 bits per heavy atom. The second kappa shape index (κ2) is 5.64. The summed E-state index contributed by atoms with van der Waals surface area (Å²) >= 11 is 0. The third kappa shape index (κ3) is 4.04. The first-order valence-corrected chi connectivity index (χ1v) is 6.66. The van der Waals surface area contributed by atoms with Gasteiger partial charge in [-0.3, -0.25) is 9.89 Å². The molecule has 96 valence electrons. The molecule has 1 amide bonds. The largest absolute Gasteiger partial charge is 0.396 e. The zero-order chi connectivity index (χ0) is 12.9. The summed E-state index contributed by atoms with van der Waals surface area (Å²) in [6, 6.07) is 0. The van der Waals surface area contributed by atoms with Crippen molar-refractivity contribution in [3.8, 4) is 0 Å². The van der Waals surface area contributed by atoms with Crippen LogP contribution in [-0.4, -0.2) is 43.4 Å².